The molecule has 5 nitrogen and oxygen atoms in total. The molecule has 0 fully saturated rings. The van der Waals surface area contributed by atoms with Crippen molar-refractivity contribution in [2.45, 2.75) is 25.7 Å². The fourth-order valence-electron chi connectivity index (χ4n) is 1.18. The second-order valence-electron chi connectivity index (χ2n) is 4.13. The van der Waals surface area contributed by atoms with Gasteiger partial charge in [-0.25, -0.2) is 17.9 Å². The Morgan fingerprint density at radius 1 is 1.32 bits per heavy atom. The van der Waals surface area contributed by atoms with Crippen molar-refractivity contribution in [1.82, 2.24) is 4.72 Å². The Balaban J connectivity index is 2.69. The third-order valence-corrected chi connectivity index (χ3v) is 3.80. The number of carbonyl (C=O) groups excluding carboxylic acids is 1. The smallest absolute Gasteiger partial charge is 0.421 e. The Morgan fingerprint density at radius 3 is 2.42 bits per heavy atom. The van der Waals surface area contributed by atoms with Gasteiger partial charge in [0.25, 0.3) is 10.0 Å². The lowest BCUT2D eigenvalue weighted by molar-refractivity contribution is 0.162. The van der Waals surface area contributed by atoms with Crippen molar-refractivity contribution in [3.63, 3.8) is 0 Å². The standard InChI is InChI=1S/C13H17NO4S/c1-4-10(2)9-18-13(15)14-19(16,17)12-7-5-11(3)6-8-12/h4-8H,9H2,1-3H3,(H,14,15)/b10-4-. The maximum atomic E-state index is 11.8. The lowest BCUT2D eigenvalue weighted by atomic mass is 10.2. The number of hydrogen-bond donors (Lipinski definition) is 1. The van der Waals surface area contributed by atoms with Crippen LogP contribution in [0.4, 0.5) is 4.79 Å². The van der Waals surface area contributed by atoms with Gasteiger partial charge >= 0.3 is 6.09 Å². The van der Waals surface area contributed by atoms with Gasteiger partial charge in [-0.2, -0.15) is 0 Å². The van der Waals surface area contributed by atoms with Crippen molar-refractivity contribution < 1.29 is 17.9 Å². The van der Waals surface area contributed by atoms with Crippen LogP contribution in [-0.2, 0) is 14.8 Å². The monoisotopic (exact) mass is 283 g/mol. The van der Waals surface area contributed by atoms with Gasteiger partial charge in [0.05, 0.1) is 4.90 Å². The van der Waals surface area contributed by atoms with Crippen molar-refractivity contribution in [2.75, 3.05) is 6.61 Å². The molecule has 0 saturated heterocycles. The minimum absolute atomic E-state index is 0.0257. The van der Waals surface area contributed by atoms with Crippen LogP contribution in [0, 0.1) is 6.92 Å². The highest BCUT2D eigenvalue weighted by atomic mass is 32.2. The van der Waals surface area contributed by atoms with Crippen LogP contribution < -0.4 is 4.72 Å². The molecule has 1 aromatic rings. The van der Waals surface area contributed by atoms with E-state index in [-0.39, 0.29) is 11.5 Å². The van der Waals surface area contributed by atoms with Crippen LogP contribution in [-0.4, -0.2) is 21.1 Å². The fourth-order valence-corrected chi connectivity index (χ4v) is 2.07. The number of rotatable bonds is 4. The van der Waals surface area contributed by atoms with Gasteiger partial charge in [0.15, 0.2) is 0 Å². The lowest BCUT2D eigenvalue weighted by Gasteiger charge is -2.08. The first-order valence-corrected chi connectivity index (χ1v) is 7.21. The van der Waals surface area contributed by atoms with Gasteiger partial charge in [0.1, 0.15) is 6.61 Å². The van der Waals surface area contributed by atoms with Gasteiger partial charge in [-0.1, -0.05) is 23.8 Å². The zero-order valence-corrected chi connectivity index (χ0v) is 12.0. The number of carbonyl (C=O) groups is 1. The number of allylic oxidation sites excluding steroid dienone is 1. The molecule has 1 aromatic carbocycles. The molecule has 0 unspecified atom stereocenters. The molecular formula is C13H17NO4S. The van der Waals surface area contributed by atoms with E-state index in [1.165, 1.54) is 12.1 Å². The van der Waals surface area contributed by atoms with Gasteiger partial charge in [-0.3, -0.25) is 0 Å². The van der Waals surface area contributed by atoms with Crippen LogP contribution in [0.5, 0.6) is 0 Å². The van der Waals surface area contributed by atoms with Crippen LogP contribution in [0.1, 0.15) is 19.4 Å². The highest BCUT2D eigenvalue weighted by Crippen LogP contribution is 2.09. The number of hydrogen-bond acceptors (Lipinski definition) is 4. The molecule has 1 N–H and O–H groups in total. The summed E-state index contributed by atoms with van der Waals surface area (Å²) >= 11 is 0. The van der Waals surface area contributed by atoms with Crippen molar-refractivity contribution in [1.29, 1.82) is 0 Å². The van der Waals surface area contributed by atoms with Gasteiger partial charge in [0, 0.05) is 0 Å². The molecule has 0 aliphatic heterocycles. The molecule has 0 aromatic heterocycles. The third-order valence-electron chi connectivity index (χ3n) is 2.47. The average Bonchev–Trinajstić information content (AvgIpc) is 2.36. The van der Waals surface area contributed by atoms with E-state index in [9.17, 15) is 13.2 Å². The fraction of sp³-hybridized carbons (Fsp3) is 0.308. The third kappa shape index (κ3) is 4.75. The zero-order valence-electron chi connectivity index (χ0n) is 11.1. The van der Waals surface area contributed by atoms with Crippen LogP contribution in [0.15, 0.2) is 40.8 Å². The highest BCUT2D eigenvalue weighted by molar-refractivity contribution is 7.90. The summed E-state index contributed by atoms with van der Waals surface area (Å²) in [4.78, 5) is 11.4. The summed E-state index contributed by atoms with van der Waals surface area (Å²) in [5.74, 6) is 0. The largest absolute Gasteiger partial charge is 0.444 e. The van der Waals surface area contributed by atoms with Gasteiger partial charge in [-0.05, 0) is 38.5 Å². The molecule has 0 atom stereocenters. The molecule has 19 heavy (non-hydrogen) atoms. The van der Waals surface area contributed by atoms with E-state index in [0.29, 0.717) is 0 Å². The van der Waals surface area contributed by atoms with E-state index in [2.05, 4.69) is 0 Å². The normalized spacial score (nSPS) is 12.1. The van der Waals surface area contributed by atoms with Crippen molar-refractivity contribution in [3.8, 4) is 0 Å². The second-order valence-corrected chi connectivity index (χ2v) is 5.81. The Kier molecular flexibility index (Phi) is 5.11. The first-order valence-electron chi connectivity index (χ1n) is 5.73. The van der Waals surface area contributed by atoms with E-state index < -0.39 is 16.1 Å². The van der Waals surface area contributed by atoms with Crippen molar-refractivity contribution in [2.24, 2.45) is 0 Å². The Labute approximate surface area is 113 Å². The van der Waals surface area contributed by atoms with Crippen LogP contribution >= 0.6 is 0 Å². The van der Waals surface area contributed by atoms with Crippen molar-refractivity contribution >= 4 is 16.1 Å². The van der Waals surface area contributed by atoms with Gasteiger partial charge in [0.2, 0.25) is 0 Å². The van der Waals surface area contributed by atoms with E-state index in [4.69, 9.17) is 4.74 Å². The van der Waals surface area contributed by atoms with E-state index >= 15 is 0 Å². The number of amides is 1. The molecule has 1 amide bonds. The second kappa shape index (κ2) is 6.38. The lowest BCUT2D eigenvalue weighted by Crippen LogP contribution is -2.31. The molecule has 6 heteroatoms. The van der Waals surface area contributed by atoms with Crippen molar-refractivity contribution in [3.05, 3.63) is 41.5 Å². The number of ether oxygens (including phenoxy) is 1. The van der Waals surface area contributed by atoms with Crippen LogP contribution in [0.2, 0.25) is 0 Å². The van der Waals surface area contributed by atoms with E-state index in [1.807, 2.05) is 11.6 Å². The van der Waals surface area contributed by atoms with Crippen LogP contribution in [0.3, 0.4) is 0 Å². The molecule has 0 saturated carbocycles. The number of sulfonamides is 1. The summed E-state index contributed by atoms with van der Waals surface area (Å²) in [6.45, 7) is 5.49. The maximum Gasteiger partial charge on any atom is 0.421 e. The molecule has 0 radical (unpaired) electrons. The van der Waals surface area contributed by atoms with Gasteiger partial charge in [-0.15, -0.1) is 0 Å². The molecule has 0 heterocycles. The summed E-state index contributed by atoms with van der Waals surface area (Å²) in [7, 11) is -3.87. The molecular weight excluding hydrogens is 266 g/mol. The molecule has 0 aliphatic rings. The Bertz CT molecular complexity index is 573. The Hall–Kier alpha value is -1.82. The predicted octanol–water partition coefficient (Wildman–Crippen LogP) is 2.38. The average molecular weight is 283 g/mol. The summed E-state index contributed by atoms with van der Waals surface area (Å²) in [5, 5.41) is 0. The molecule has 104 valence electrons. The summed E-state index contributed by atoms with van der Waals surface area (Å²) in [6, 6.07) is 6.18. The minimum Gasteiger partial charge on any atom is -0.444 e. The minimum atomic E-state index is -3.87. The number of nitrogens with one attached hydrogen (secondary N) is 1. The van der Waals surface area contributed by atoms with Crippen LogP contribution in [0.25, 0.3) is 0 Å². The predicted molar refractivity (Wildman–Crippen MR) is 72.3 cm³/mol. The molecule has 0 bridgehead atoms. The summed E-state index contributed by atoms with van der Waals surface area (Å²) in [6.07, 6.45) is 0.795. The Morgan fingerprint density at radius 2 is 1.89 bits per heavy atom. The molecule has 0 aliphatic carbocycles. The number of benzene rings is 1. The number of aryl methyl sites for hydroxylation is 1. The zero-order chi connectivity index (χ0) is 14.5. The quantitative estimate of drug-likeness (QED) is 0.861. The maximum absolute atomic E-state index is 11.8. The van der Waals surface area contributed by atoms with Gasteiger partial charge < -0.3 is 4.74 Å². The first-order chi connectivity index (χ1) is 8.85. The van der Waals surface area contributed by atoms with E-state index in [0.717, 1.165) is 11.1 Å². The first kappa shape index (κ1) is 15.2. The molecule has 1 rings (SSSR count). The molecule has 0 spiro atoms. The SMILES string of the molecule is C/C=C(/C)COC(=O)NS(=O)(=O)c1ccc(C)cc1. The topological polar surface area (TPSA) is 72.5 Å². The summed E-state index contributed by atoms with van der Waals surface area (Å²) in [5.41, 5.74) is 1.77. The summed E-state index contributed by atoms with van der Waals surface area (Å²) < 4.78 is 30.3. The van der Waals surface area contributed by atoms with E-state index in [1.54, 1.807) is 32.1 Å². The highest BCUT2D eigenvalue weighted by Gasteiger charge is 2.18.